The normalized spacial score (nSPS) is 13.2. The number of allylic oxidation sites excluding steroid dienone is 24. The predicted octanol–water partition coefficient (Wildman–Crippen LogP) is 18.8. The van der Waals surface area contributed by atoms with Crippen molar-refractivity contribution in [1.29, 1.82) is 0 Å². The predicted molar refractivity (Wildman–Crippen MR) is 302 cm³/mol. The summed E-state index contributed by atoms with van der Waals surface area (Å²) in [6, 6.07) is 0. The van der Waals surface area contributed by atoms with Gasteiger partial charge in [0, 0.05) is 19.3 Å². The van der Waals surface area contributed by atoms with Gasteiger partial charge in [0.2, 0.25) is 0 Å². The van der Waals surface area contributed by atoms with Crippen LogP contribution in [-0.2, 0) is 28.6 Å². The maximum absolute atomic E-state index is 12.9. The molecule has 0 aliphatic rings. The third-order valence-corrected chi connectivity index (χ3v) is 11.2. The number of carbonyl (C=O) groups excluding carboxylic acids is 3. The molecule has 392 valence electrons. The van der Waals surface area contributed by atoms with Crippen LogP contribution in [0.25, 0.3) is 0 Å². The van der Waals surface area contributed by atoms with E-state index >= 15 is 0 Å². The number of ether oxygens (including phenoxy) is 3. The van der Waals surface area contributed by atoms with Crippen LogP contribution in [0.3, 0.4) is 0 Å². The van der Waals surface area contributed by atoms with Crippen molar-refractivity contribution in [1.82, 2.24) is 0 Å². The minimum atomic E-state index is -0.834. The van der Waals surface area contributed by atoms with E-state index in [1.54, 1.807) is 0 Å². The summed E-state index contributed by atoms with van der Waals surface area (Å²) in [6.45, 7) is 6.32. The first-order valence-corrected chi connectivity index (χ1v) is 27.9. The van der Waals surface area contributed by atoms with E-state index < -0.39 is 6.10 Å². The van der Waals surface area contributed by atoms with Crippen LogP contribution in [0.15, 0.2) is 146 Å². The molecule has 0 radical (unpaired) electrons. The number of hydrogen-bond donors (Lipinski definition) is 0. The average molecular weight is 965 g/mol. The van der Waals surface area contributed by atoms with E-state index in [0.29, 0.717) is 12.8 Å². The first-order chi connectivity index (χ1) is 34.5. The standard InChI is InChI=1S/C64H100O6/c1-4-7-10-13-16-19-22-25-28-31-33-36-39-42-45-48-51-54-57-63(66)69-60-61(59-68-62(65)56-53-50-47-44-41-38-35-30-27-24-21-18-15-12-9-6-3)70-64(67)58-55-52-49-46-43-40-37-34-32-29-26-23-20-17-14-11-8-5-2/h9-10,12-13,16,18-19,21-22,25,27-34,36-38,41,47,50,61H,4-8,11,14-15,17,20,23-24,26,35,39-40,42-46,48-49,51-60H2,1-3H3/b12-9-,13-10-,19-16-,21-18-,25-22-,30-27-,31-28-,32-29-,36-33-,37-34-,41-38-,50-47-. The van der Waals surface area contributed by atoms with Crippen LogP contribution in [0.1, 0.15) is 220 Å². The van der Waals surface area contributed by atoms with Gasteiger partial charge in [0.05, 0.1) is 0 Å². The van der Waals surface area contributed by atoms with Gasteiger partial charge in [0.25, 0.3) is 0 Å². The Labute approximate surface area is 429 Å². The molecule has 0 spiro atoms. The lowest BCUT2D eigenvalue weighted by atomic mass is 10.1. The summed E-state index contributed by atoms with van der Waals surface area (Å²) < 4.78 is 16.7. The summed E-state index contributed by atoms with van der Waals surface area (Å²) in [5, 5.41) is 0. The van der Waals surface area contributed by atoms with Gasteiger partial charge in [-0.05, 0) is 96.3 Å². The fourth-order valence-corrected chi connectivity index (χ4v) is 7.04. The first-order valence-electron chi connectivity index (χ1n) is 27.9. The maximum Gasteiger partial charge on any atom is 0.306 e. The average Bonchev–Trinajstić information content (AvgIpc) is 3.36. The number of rotatable bonds is 48. The minimum Gasteiger partial charge on any atom is -0.462 e. The van der Waals surface area contributed by atoms with Crippen LogP contribution >= 0.6 is 0 Å². The molecule has 1 unspecified atom stereocenters. The van der Waals surface area contributed by atoms with Crippen LogP contribution in [0.4, 0.5) is 0 Å². The Bertz CT molecular complexity index is 1580. The molecule has 0 saturated heterocycles. The minimum absolute atomic E-state index is 0.127. The van der Waals surface area contributed by atoms with Gasteiger partial charge in [-0.3, -0.25) is 14.4 Å². The van der Waals surface area contributed by atoms with Crippen LogP contribution in [-0.4, -0.2) is 37.2 Å². The van der Waals surface area contributed by atoms with Crippen molar-refractivity contribution in [3.63, 3.8) is 0 Å². The zero-order valence-corrected chi connectivity index (χ0v) is 44.7. The molecule has 70 heavy (non-hydrogen) atoms. The molecular weight excluding hydrogens is 865 g/mol. The van der Waals surface area contributed by atoms with Crippen molar-refractivity contribution in [3.05, 3.63) is 146 Å². The zero-order chi connectivity index (χ0) is 50.7. The SMILES string of the molecule is CC/C=C\C/C=C\C/C=C\C/C=C\C/C=C\CCC(=O)OCC(COC(=O)CCCCCCC\C=C/C=C\C=C/C=C\C=C/CCC)OC(=O)CCCCCCC/C=C\C=C/CCCCCCCCC. The van der Waals surface area contributed by atoms with Gasteiger partial charge in [-0.15, -0.1) is 0 Å². The lowest BCUT2D eigenvalue weighted by Gasteiger charge is -2.18. The highest BCUT2D eigenvalue weighted by molar-refractivity contribution is 5.71. The highest BCUT2D eigenvalue weighted by Gasteiger charge is 2.19. The molecule has 0 aromatic carbocycles. The van der Waals surface area contributed by atoms with Gasteiger partial charge in [0.15, 0.2) is 6.10 Å². The molecule has 1 atom stereocenters. The van der Waals surface area contributed by atoms with E-state index in [4.69, 9.17) is 14.2 Å². The fraction of sp³-hybridized carbons (Fsp3) is 0.578. The highest BCUT2D eigenvalue weighted by Crippen LogP contribution is 2.13. The molecule has 0 aromatic rings. The molecule has 6 nitrogen and oxygen atoms in total. The van der Waals surface area contributed by atoms with E-state index in [-0.39, 0.29) is 44.0 Å². The van der Waals surface area contributed by atoms with E-state index in [1.807, 2.05) is 48.6 Å². The molecule has 0 aliphatic carbocycles. The summed E-state index contributed by atoms with van der Waals surface area (Å²) in [5.74, 6) is -1.06. The topological polar surface area (TPSA) is 78.9 Å². The lowest BCUT2D eigenvalue weighted by molar-refractivity contribution is -0.166. The van der Waals surface area contributed by atoms with Crippen molar-refractivity contribution in [2.75, 3.05) is 13.2 Å². The second-order valence-electron chi connectivity index (χ2n) is 17.9. The van der Waals surface area contributed by atoms with Gasteiger partial charge in [-0.2, -0.15) is 0 Å². The monoisotopic (exact) mass is 965 g/mol. The Balaban J connectivity index is 4.60. The first kappa shape index (κ1) is 65.3. The molecule has 0 aliphatic heterocycles. The molecule has 0 fully saturated rings. The van der Waals surface area contributed by atoms with E-state index in [2.05, 4.69) is 118 Å². The van der Waals surface area contributed by atoms with E-state index in [9.17, 15) is 14.4 Å². The molecule has 0 bridgehead atoms. The lowest BCUT2D eigenvalue weighted by Crippen LogP contribution is -2.30. The van der Waals surface area contributed by atoms with Gasteiger partial charge in [-0.1, -0.05) is 250 Å². The fourth-order valence-electron chi connectivity index (χ4n) is 7.04. The summed E-state index contributed by atoms with van der Waals surface area (Å²) in [4.78, 5) is 38.1. The second-order valence-corrected chi connectivity index (χ2v) is 17.9. The smallest absolute Gasteiger partial charge is 0.306 e. The number of unbranched alkanes of at least 4 members (excludes halogenated alkanes) is 18. The van der Waals surface area contributed by atoms with Gasteiger partial charge >= 0.3 is 17.9 Å². The quantitative estimate of drug-likeness (QED) is 0.0199. The Kier molecular flexibility index (Phi) is 53.0. The number of carbonyl (C=O) groups is 3. The number of esters is 3. The number of hydrogen-bond acceptors (Lipinski definition) is 6. The van der Waals surface area contributed by atoms with Gasteiger partial charge < -0.3 is 14.2 Å². The molecule has 0 N–H and O–H groups in total. The molecule has 0 amide bonds. The zero-order valence-electron chi connectivity index (χ0n) is 44.7. The molecule has 0 saturated carbocycles. The highest BCUT2D eigenvalue weighted by atomic mass is 16.6. The van der Waals surface area contributed by atoms with Crippen LogP contribution < -0.4 is 0 Å². The molecule has 0 rings (SSSR count). The Morgan fingerprint density at radius 3 is 1.13 bits per heavy atom. The van der Waals surface area contributed by atoms with Gasteiger partial charge in [0.1, 0.15) is 13.2 Å². The third kappa shape index (κ3) is 54.2. The summed E-state index contributed by atoms with van der Waals surface area (Å²) >= 11 is 0. The van der Waals surface area contributed by atoms with Crippen molar-refractivity contribution >= 4 is 17.9 Å². The maximum atomic E-state index is 12.9. The van der Waals surface area contributed by atoms with Crippen LogP contribution in [0.2, 0.25) is 0 Å². The van der Waals surface area contributed by atoms with Crippen molar-refractivity contribution in [3.8, 4) is 0 Å². The van der Waals surface area contributed by atoms with Crippen molar-refractivity contribution in [2.45, 2.75) is 226 Å². The Morgan fingerprint density at radius 2 is 0.671 bits per heavy atom. The van der Waals surface area contributed by atoms with Crippen molar-refractivity contribution in [2.24, 2.45) is 0 Å². The molecule has 0 aromatic heterocycles. The Hall–Kier alpha value is -4.71. The molecule has 0 heterocycles. The summed E-state index contributed by atoms with van der Waals surface area (Å²) in [7, 11) is 0. The van der Waals surface area contributed by atoms with Crippen molar-refractivity contribution < 1.29 is 28.6 Å². The van der Waals surface area contributed by atoms with E-state index in [1.165, 1.54) is 51.4 Å². The van der Waals surface area contributed by atoms with Crippen LogP contribution in [0, 0.1) is 0 Å². The molecular formula is C64H100O6. The second kappa shape index (κ2) is 56.9. The largest absolute Gasteiger partial charge is 0.462 e. The van der Waals surface area contributed by atoms with Crippen LogP contribution in [0.5, 0.6) is 0 Å². The van der Waals surface area contributed by atoms with Gasteiger partial charge in [-0.25, -0.2) is 0 Å². The van der Waals surface area contributed by atoms with E-state index in [0.717, 1.165) is 122 Å². The summed E-state index contributed by atoms with van der Waals surface area (Å²) in [5.41, 5.74) is 0. The molecule has 6 heteroatoms. The summed E-state index contributed by atoms with van der Waals surface area (Å²) in [6.07, 6.45) is 81.2. The Morgan fingerprint density at radius 1 is 0.314 bits per heavy atom. The third-order valence-electron chi connectivity index (χ3n) is 11.2.